The number of thioether (sulfide) groups is 1. The lowest BCUT2D eigenvalue weighted by molar-refractivity contribution is 0.0724. The largest absolute Gasteiger partial charge is 0.389 e. The van der Waals surface area contributed by atoms with Gasteiger partial charge >= 0.3 is 0 Å². The molecule has 0 bridgehead atoms. The number of hydrogen-bond donors (Lipinski definition) is 1. The summed E-state index contributed by atoms with van der Waals surface area (Å²) in [6, 6.07) is 0. The van der Waals surface area contributed by atoms with Gasteiger partial charge in [-0.15, -0.1) is 18.3 Å². The van der Waals surface area contributed by atoms with Gasteiger partial charge in [-0.2, -0.15) is 0 Å². The van der Waals surface area contributed by atoms with Gasteiger partial charge in [-0.25, -0.2) is 0 Å². The van der Waals surface area contributed by atoms with Gasteiger partial charge in [0.15, 0.2) is 0 Å². The molecule has 0 aromatic rings. The van der Waals surface area contributed by atoms with E-state index in [1.165, 1.54) is 11.8 Å². The van der Waals surface area contributed by atoms with Crippen molar-refractivity contribution in [3.63, 3.8) is 0 Å². The van der Waals surface area contributed by atoms with Crippen LogP contribution in [-0.2, 0) is 0 Å². The first-order chi connectivity index (χ1) is 5.02. The first-order valence-electron chi connectivity index (χ1n) is 3.42. The Kier molecular flexibility index (Phi) is 4.97. The van der Waals surface area contributed by atoms with E-state index < -0.39 is 5.60 Å². The molecule has 0 fully saturated rings. The molecule has 0 amide bonds. The zero-order valence-corrected chi connectivity index (χ0v) is 8.60. The summed E-state index contributed by atoms with van der Waals surface area (Å²) in [5.41, 5.74) is -0.707. The second kappa shape index (κ2) is 4.91. The first-order valence-corrected chi connectivity index (χ1v) is 5.05. The fourth-order valence-electron chi connectivity index (χ4n) is 0.766. The molecular formula is C8H14OS2. The molecule has 1 atom stereocenters. The quantitative estimate of drug-likeness (QED) is 0.543. The Morgan fingerprint density at radius 2 is 2.36 bits per heavy atom. The van der Waals surface area contributed by atoms with Crippen molar-refractivity contribution in [3.8, 4) is 0 Å². The van der Waals surface area contributed by atoms with E-state index >= 15 is 0 Å². The second-order valence-electron chi connectivity index (χ2n) is 2.74. The highest BCUT2D eigenvalue weighted by atomic mass is 32.2. The van der Waals surface area contributed by atoms with Crippen LogP contribution in [0.1, 0.15) is 19.8 Å². The summed E-state index contributed by atoms with van der Waals surface area (Å²) in [5, 5.41) is 9.64. The average molecular weight is 190 g/mol. The van der Waals surface area contributed by atoms with Gasteiger partial charge in [0.05, 0.1) is 9.80 Å². The Hall–Kier alpha value is 0.140. The lowest BCUT2D eigenvalue weighted by atomic mass is 10.00. The third kappa shape index (κ3) is 5.41. The number of aliphatic hydroxyl groups is 1. The minimum Gasteiger partial charge on any atom is -0.389 e. The Labute approximate surface area is 77.9 Å². The molecule has 0 aromatic heterocycles. The maximum Gasteiger partial charge on any atom is 0.0707 e. The Bertz CT molecular complexity index is 152. The molecule has 3 heteroatoms. The standard InChI is InChI=1S/C8H14OS2/c1-4-5-8(2,9)6-7(10)11-3/h4,9H,1,5-6H2,2-3H3. The van der Waals surface area contributed by atoms with Crippen LogP contribution in [0.2, 0.25) is 0 Å². The molecule has 1 unspecified atom stereocenters. The van der Waals surface area contributed by atoms with Crippen LogP contribution in [0.5, 0.6) is 0 Å². The summed E-state index contributed by atoms with van der Waals surface area (Å²) in [5.74, 6) is 0. The SMILES string of the molecule is C=CCC(C)(O)CC(=S)SC. The highest BCUT2D eigenvalue weighted by Crippen LogP contribution is 2.19. The first kappa shape index (κ1) is 11.1. The zero-order chi connectivity index (χ0) is 8.91. The van der Waals surface area contributed by atoms with E-state index in [-0.39, 0.29) is 0 Å². The summed E-state index contributed by atoms with van der Waals surface area (Å²) in [7, 11) is 0. The van der Waals surface area contributed by atoms with E-state index in [0.717, 1.165) is 4.20 Å². The van der Waals surface area contributed by atoms with Crippen molar-refractivity contribution in [2.45, 2.75) is 25.4 Å². The molecule has 1 N–H and O–H groups in total. The Morgan fingerprint density at radius 1 is 1.82 bits per heavy atom. The van der Waals surface area contributed by atoms with E-state index in [2.05, 4.69) is 6.58 Å². The molecule has 64 valence electrons. The summed E-state index contributed by atoms with van der Waals surface area (Å²) >= 11 is 6.50. The normalized spacial score (nSPS) is 15.5. The monoisotopic (exact) mass is 190 g/mol. The molecule has 0 spiro atoms. The minimum atomic E-state index is -0.707. The maximum atomic E-state index is 9.64. The molecule has 0 rings (SSSR count). The number of rotatable bonds is 4. The molecule has 0 aliphatic heterocycles. The summed E-state index contributed by atoms with van der Waals surface area (Å²) < 4.78 is 0.844. The van der Waals surface area contributed by atoms with Crippen molar-refractivity contribution >= 4 is 28.2 Å². The molecular weight excluding hydrogens is 176 g/mol. The van der Waals surface area contributed by atoms with Crippen LogP contribution in [0.3, 0.4) is 0 Å². The maximum absolute atomic E-state index is 9.64. The van der Waals surface area contributed by atoms with Crippen LogP contribution < -0.4 is 0 Å². The van der Waals surface area contributed by atoms with E-state index in [1.807, 2.05) is 6.26 Å². The van der Waals surface area contributed by atoms with E-state index in [1.54, 1.807) is 13.0 Å². The van der Waals surface area contributed by atoms with Crippen LogP contribution in [0, 0.1) is 0 Å². The van der Waals surface area contributed by atoms with Crippen molar-refractivity contribution in [1.29, 1.82) is 0 Å². The molecule has 0 heterocycles. The van der Waals surface area contributed by atoms with Gasteiger partial charge in [-0.05, 0) is 19.6 Å². The predicted molar refractivity (Wildman–Crippen MR) is 56.2 cm³/mol. The Balaban J connectivity index is 3.89. The number of thiocarbonyl (C=S) groups is 1. The Morgan fingerprint density at radius 3 is 2.73 bits per heavy atom. The van der Waals surface area contributed by atoms with Crippen LogP contribution >= 0.6 is 24.0 Å². The smallest absolute Gasteiger partial charge is 0.0707 e. The van der Waals surface area contributed by atoms with Crippen LogP contribution in [-0.4, -0.2) is 21.2 Å². The number of hydrogen-bond acceptors (Lipinski definition) is 3. The second-order valence-corrected chi connectivity index (χ2v) is 4.39. The molecule has 0 saturated carbocycles. The fourth-order valence-corrected chi connectivity index (χ4v) is 1.53. The van der Waals surface area contributed by atoms with Crippen LogP contribution in [0.25, 0.3) is 0 Å². The third-order valence-electron chi connectivity index (χ3n) is 1.34. The lowest BCUT2D eigenvalue weighted by Crippen LogP contribution is -2.25. The van der Waals surface area contributed by atoms with Crippen LogP contribution in [0.15, 0.2) is 12.7 Å². The molecule has 0 aliphatic carbocycles. The molecule has 0 aromatic carbocycles. The molecule has 0 saturated heterocycles. The van der Waals surface area contributed by atoms with Gasteiger partial charge < -0.3 is 5.11 Å². The highest BCUT2D eigenvalue weighted by Gasteiger charge is 2.19. The fraction of sp³-hybridized carbons (Fsp3) is 0.625. The van der Waals surface area contributed by atoms with Crippen molar-refractivity contribution < 1.29 is 5.11 Å². The van der Waals surface area contributed by atoms with E-state index in [0.29, 0.717) is 12.8 Å². The highest BCUT2D eigenvalue weighted by molar-refractivity contribution is 8.22. The van der Waals surface area contributed by atoms with E-state index in [4.69, 9.17) is 12.2 Å². The van der Waals surface area contributed by atoms with Crippen LogP contribution in [0.4, 0.5) is 0 Å². The third-order valence-corrected chi connectivity index (χ3v) is 2.58. The molecule has 1 nitrogen and oxygen atoms in total. The van der Waals surface area contributed by atoms with Crippen molar-refractivity contribution in [2.24, 2.45) is 0 Å². The summed E-state index contributed by atoms with van der Waals surface area (Å²) in [6.07, 6.45) is 4.79. The van der Waals surface area contributed by atoms with Gasteiger partial charge in [-0.1, -0.05) is 18.3 Å². The van der Waals surface area contributed by atoms with Crippen molar-refractivity contribution in [2.75, 3.05) is 6.26 Å². The van der Waals surface area contributed by atoms with Gasteiger partial charge in [-0.3, -0.25) is 0 Å². The van der Waals surface area contributed by atoms with Crippen molar-refractivity contribution in [1.82, 2.24) is 0 Å². The lowest BCUT2D eigenvalue weighted by Gasteiger charge is -2.20. The van der Waals surface area contributed by atoms with Gasteiger partial charge in [0, 0.05) is 6.42 Å². The minimum absolute atomic E-state index is 0.565. The molecule has 0 radical (unpaired) electrons. The summed E-state index contributed by atoms with van der Waals surface area (Å²) in [6.45, 7) is 5.34. The van der Waals surface area contributed by atoms with Crippen molar-refractivity contribution in [3.05, 3.63) is 12.7 Å². The van der Waals surface area contributed by atoms with Gasteiger partial charge in [0.25, 0.3) is 0 Å². The molecule has 0 aliphatic rings. The topological polar surface area (TPSA) is 20.2 Å². The summed E-state index contributed by atoms with van der Waals surface area (Å²) in [4.78, 5) is 0. The van der Waals surface area contributed by atoms with Gasteiger partial charge in [0.2, 0.25) is 0 Å². The predicted octanol–water partition coefficient (Wildman–Crippen LogP) is 2.39. The molecule has 11 heavy (non-hydrogen) atoms. The zero-order valence-electron chi connectivity index (χ0n) is 6.96. The average Bonchev–Trinajstić information content (AvgIpc) is 1.86. The van der Waals surface area contributed by atoms with Gasteiger partial charge in [0.1, 0.15) is 0 Å². The van der Waals surface area contributed by atoms with E-state index in [9.17, 15) is 5.11 Å².